The van der Waals surface area contributed by atoms with Gasteiger partial charge in [0.15, 0.2) is 27.2 Å². The van der Waals surface area contributed by atoms with E-state index in [0.717, 1.165) is 6.07 Å². The molecule has 0 aliphatic rings. The van der Waals surface area contributed by atoms with Gasteiger partial charge in [-0.2, -0.15) is 5.10 Å². The van der Waals surface area contributed by atoms with E-state index >= 15 is 4.39 Å². The van der Waals surface area contributed by atoms with Gasteiger partial charge in [0.2, 0.25) is 0 Å². The fourth-order valence-corrected chi connectivity index (χ4v) is 6.06. The number of amides is 1. The number of sulfone groups is 1. The number of rotatable bonds is 10. The first-order valence-corrected chi connectivity index (χ1v) is 16.5. The third-order valence-corrected chi connectivity index (χ3v) is 9.23. The van der Waals surface area contributed by atoms with Gasteiger partial charge in [-0.15, -0.1) is 0 Å². The van der Waals surface area contributed by atoms with E-state index in [-0.39, 0.29) is 45.8 Å². The van der Waals surface area contributed by atoms with E-state index < -0.39 is 32.9 Å². The second-order valence-electron chi connectivity index (χ2n) is 10.5. The third kappa shape index (κ3) is 6.27. The highest BCUT2D eigenvalue weighted by Crippen LogP contribution is 2.36. The lowest BCUT2D eigenvalue weighted by Crippen LogP contribution is -2.29. The maximum absolute atomic E-state index is 15.5. The summed E-state index contributed by atoms with van der Waals surface area (Å²) < 4.78 is 68.2. The van der Waals surface area contributed by atoms with Crippen LogP contribution in [0.2, 0.25) is 0 Å². The molecule has 48 heavy (non-hydrogen) atoms. The molecule has 6 aromatic rings. The number of carbonyl (C=O) groups is 1. The Kier molecular flexibility index (Phi) is 8.78. The van der Waals surface area contributed by atoms with Crippen molar-refractivity contribution in [2.24, 2.45) is 0 Å². The molecule has 0 atom stereocenters. The second-order valence-corrected chi connectivity index (χ2v) is 12.8. The molecular weight excluding hydrogens is 642 g/mol. The molecule has 10 nitrogen and oxygen atoms in total. The number of nitrogens with one attached hydrogen (secondary N) is 1. The lowest BCUT2D eigenvalue weighted by atomic mass is 10.1. The monoisotopic (exact) mass is 670 g/mol. The highest BCUT2D eigenvalue weighted by molar-refractivity contribution is 7.91. The molecule has 0 aliphatic heterocycles. The Morgan fingerprint density at radius 2 is 1.69 bits per heavy atom. The minimum atomic E-state index is -3.46. The van der Waals surface area contributed by atoms with Crippen molar-refractivity contribution in [3.8, 4) is 34.1 Å². The molecule has 0 aliphatic carbocycles. The minimum absolute atomic E-state index is 0.0290. The van der Waals surface area contributed by atoms with Crippen molar-refractivity contribution in [2.75, 3.05) is 17.7 Å². The fraction of sp³-hybridized carbons (Fsp3) is 0.114. The van der Waals surface area contributed by atoms with Crippen LogP contribution in [-0.4, -0.2) is 40.9 Å². The van der Waals surface area contributed by atoms with Gasteiger partial charge >= 0.3 is 0 Å². The predicted octanol–water partition coefficient (Wildman–Crippen LogP) is 6.67. The number of hydrogen-bond donors (Lipinski definition) is 1. The second kappa shape index (κ2) is 13.1. The fourth-order valence-electron chi connectivity index (χ4n) is 5.14. The molecule has 0 saturated carbocycles. The molecule has 0 bridgehead atoms. The van der Waals surface area contributed by atoms with Crippen molar-refractivity contribution in [3.63, 3.8) is 0 Å². The topological polar surface area (TPSA) is 121 Å². The summed E-state index contributed by atoms with van der Waals surface area (Å²) in [6, 6.07) is 20.2. The summed E-state index contributed by atoms with van der Waals surface area (Å²) >= 11 is 0. The van der Waals surface area contributed by atoms with Gasteiger partial charge in [0, 0.05) is 41.5 Å². The minimum Gasteiger partial charge on any atom is -0.493 e. The summed E-state index contributed by atoms with van der Waals surface area (Å²) in [5, 5.41) is 6.84. The van der Waals surface area contributed by atoms with Crippen LogP contribution < -0.4 is 20.3 Å². The predicted molar refractivity (Wildman–Crippen MR) is 176 cm³/mol. The first-order chi connectivity index (χ1) is 23.1. The average molecular weight is 671 g/mol. The van der Waals surface area contributed by atoms with E-state index in [1.54, 1.807) is 50.4 Å². The van der Waals surface area contributed by atoms with Crippen LogP contribution in [0.1, 0.15) is 24.2 Å². The first kappa shape index (κ1) is 32.1. The molecule has 6 rings (SSSR count). The lowest BCUT2D eigenvalue weighted by molar-refractivity contribution is 0.102. The third-order valence-electron chi connectivity index (χ3n) is 7.50. The Morgan fingerprint density at radius 1 is 0.896 bits per heavy atom. The molecule has 0 spiro atoms. The van der Waals surface area contributed by atoms with Gasteiger partial charge in [0.25, 0.3) is 11.5 Å². The Labute approximate surface area is 273 Å². The SMILES string of the molecule is CCOc1ccn(-c2ccc(F)cc2)c(=O)c1C(=O)Nc1ccc(Oc2ccnn3ccc(-c4cccc(S(=O)(=O)CC)c4)c23)c(F)c1. The van der Waals surface area contributed by atoms with Crippen LogP contribution in [0.25, 0.3) is 22.3 Å². The van der Waals surface area contributed by atoms with Crippen LogP contribution in [0.15, 0.2) is 113 Å². The van der Waals surface area contributed by atoms with Crippen molar-refractivity contribution in [3.05, 3.63) is 131 Å². The number of benzene rings is 3. The normalized spacial score (nSPS) is 11.4. The molecule has 3 aromatic carbocycles. The number of hydrogen-bond acceptors (Lipinski definition) is 7. The molecule has 0 unspecified atom stereocenters. The number of carbonyl (C=O) groups excluding carboxylic acids is 1. The number of halogens is 2. The summed E-state index contributed by atoms with van der Waals surface area (Å²) in [5.74, 6) is -2.07. The van der Waals surface area contributed by atoms with Gasteiger partial charge in [0.1, 0.15) is 22.6 Å². The molecule has 0 saturated heterocycles. The maximum Gasteiger partial charge on any atom is 0.271 e. The largest absolute Gasteiger partial charge is 0.493 e. The van der Waals surface area contributed by atoms with E-state index in [0.29, 0.717) is 22.3 Å². The summed E-state index contributed by atoms with van der Waals surface area (Å²) in [6.07, 6.45) is 4.57. The molecule has 0 fully saturated rings. The van der Waals surface area contributed by atoms with E-state index in [4.69, 9.17) is 9.47 Å². The van der Waals surface area contributed by atoms with E-state index in [1.807, 2.05) is 0 Å². The van der Waals surface area contributed by atoms with Crippen LogP contribution in [0.3, 0.4) is 0 Å². The lowest BCUT2D eigenvalue weighted by Gasteiger charge is -2.14. The molecular formula is C35H28F2N4O6S. The van der Waals surface area contributed by atoms with Crippen LogP contribution in [0.4, 0.5) is 14.5 Å². The van der Waals surface area contributed by atoms with Crippen molar-refractivity contribution in [2.45, 2.75) is 18.7 Å². The van der Waals surface area contributed by atoms with Gasteiger partial charge in [-0.25, -0.2) is 21.7 Å². The zero-order valence-corrected chi connectivity index (χ0v) is 26.5. The number of fused-ring (bicyclic) bond motifs is 1. The highest BCUT2D eigenvalue weighted by Gasteiger charge is 2.22. The van der Waals surface area contributed by atoms with Crippen molar-refractivity contribution in [1.82, 2.24) is 14.2 Å². The Morgan fingerprint density at radius 3 is 2.42 bits per heavy atom. The maximum atomic E-state index is 15.5. The molecule has 13 heteroatoms. The van der Waals surface area contributed by atoms with Gasteiger partial charge in [0.05, 0.1) is 23.5 Å². The van der Waals surface area contributed by atoms with Gasteiger partial charge in [-0.05, 0) is 73.2 Å². The standard InChI is InChI=1S/C35H28F2N4O6S/c1-3-46-30-16-18-40(25-11-8-23(36)9-12-25)35(43)32(30)34(42)39-24-10-13-29(28(37)21-24)47-31-14-17-38-41-19-15-27(33(31)41)22-6-5-7-26(20-22)48(44,45)4-2/h5-21H,3-4H2,1-2H3,(H,39,42). The zero-order valence-electron chi connectivity index (χ0n) is 25.7. The summed E-state index contributed by atoms with van der Waals surface area (Å²) in [7, 11) is -3.46. The van der Waals surface area contributed by atoms with Gasteiger partial charge in [-0.3, -0.25) is 14.2 Å². The first-order valence-electron chi connectivity index (χ1n) is 14.8. The molecule has 244 valence electrons. The van der Waals surface area contributed by atoms with Crippen LogP contribution in [-0.2, 0) is 9.84 Å². The molecule has 1 amide bonds. The Balaban J connectivity index is 1.29. The quantitative estimate of drug-likeness (QED) is 0.173. The molecule has 1 N–H and O–H groups in total. The van der Waals surface area contributed by atoms with E-state index in [2.05, 4.69) is 10.4 Å². The van der Waals surface area contributed by atoms with Crippen molar-refractivity contribution >= 4 is 26.9 Å². The summed E-state index contributed by atoms with van der Waals surface area (Å²) in [5.41, 5.74) is 1.05. The van der Waals surface area contributed by atoms with E-state index in [1.165, 1.54) is 70.0 Å². The summed E-state index contributed by atoms with van der Waals surface area (Å²) in [4.78, 5) is 27.0. The number of ether oxygens (including phenoxy) is 2. The number of aromatic nitrogens is 3. The number of anilines is 1. The van der Waals surface area contributed by atoms with Crippen LogP contribution in [0, 0.1) is 11.6 Å². The number of nitrogens with zero attached hydrogens (tertiary/aromatic N) is 3. The molecule has 3 heterocycles. The molecule has 0 radical (unpaired) electrons. The Hall–Kier alpha value is -5.82. The number of pyridine rings is 1. The summed E-state index contributed by atoms with van der Waals surface area (Å²) in [6.45, 7) is 3.45. The van der Waals surface area contributed by atoms with E-state index in [9.17, 15) is 22.4 Å². The zero-order chi connectivity index (χ0) is 34.0. The molecule has 3 aromatic heterocycles. The Bertz CT molecular complexity index is 2340. The smallest absolute Gasteiger partial charge is 0.271 e. The average Bonchev–Trinajstić information content (AvgIpc) is 3.52. The van der Waals surface area contributed by atoms with Crippen LogP contribution >= 0.6 is 0 Å². The van der Waals surface area contributed by atoms with Crippen LogP contribution in [0.5, 0.6) is 17.2 Å². The van der Waals surface area contributed by atoms with Gasteiger partial charge < -0.3 is 14.8 Å². The van der Waals surface area contributed by atoms with Gasteiger partial charge in [-0.1, -0.05) is 19.1 Å². The van der Waals surface area contributed by atoms with Crippen molar-refractivity contribution in [1.29, 1.82) is 0 Å². The highest BCUT2D eigenvalue weighted by atomic mass is 32.2. The van der Waals surface area contributed by atoms with Crippen molar-refractivity contribution < 1.29 is 31.5 Å².